The van der Waals surface area contributed by atoms with Crippen molar-refractivity contribution in [3.05, 3.63) is 54.5 Å². The molecule has 0 bridgehead atoms. The van der Waals surface area contributed by atoms with Crippen LogP contribution in [0, 0.1) is 0 Å². The summed E-state index contributed by atoms with van der Waals surface area (Å²) in [6.07, 6.45) is 1.68. The number of thioether (sulfide) groups is 1. The van der Waals surface area contributed by atoms with Crippen molar-refractivity contribution < 1.29 is 13.9 Å². The number of benzene rings is 1. The molecule has 6 heteroatoms. The molecule has 2 aromatic rings. The van der Waals surface area contributed by atoms with Gasteiger partial charge in [-0.15, -0.1) is 0 Å². The Bertz CT molecular complexity index is 612. The molecule has 0 saturated carbocycles. The van der Waals surface area contributed by atoms with Gasteiger partial charge in [0.15, 0.2) is 6.61 Å². The molecule has 1 aromatic heterocycles. The van der Waals surface area contributed by atoms with Crippen molar-refractivity contribution >= 4 is 17.7 Å². The molecule has 1 N–H and O–H groups in total. The van der Waals surface area contributed by atoms with E-state index in [1.54, 1.807) is 6.26 Å². The van der Waals surface area contributed by atoms with E-state index in [0.29, 0.717) is 12.3 Å². The Hall–Kier alpha value is -1.92. The highest BCUT2D eigenvalue weighted by Gasteiger charge is 2.25. The minimum Gasteiger partial charge on any atom is -0.484 e. The molecule has 1 aliphatic rings. The second-order valence-electron chi connectivity index (χ2n) is 5.59. The molecule has 1 atom stereocenters. The first-order chi connectivity index (χ1) is 11.8. The molecule has 5 nitrogen and oxygen atoms in total. The Balaban J connectivity index is 1.52. The standard InChI is InChI=1S/C18H22N2O3S/c21-18(14-23-15-5-2-1-3-6-15)19-13-16(17-7-4-10-22-17)20-8-11-24-12-9-20/h1-7,10,16H,8-9,11-14H2,(H,19,21). The van der Waals surface area contributed by atoms with Crippen LogP contribution in [0.4, 0.5) is 0 Å². The maximum atomic E-state index is 12.1. The van der Waals surface area contributed by atoms with Gasteiger partial charge in [-0.1, -0.05) is 18.2 Å². The van der Waals surface area contributed by atoms with Gasteiger partial charge < -0.3 is 14.5 Å². The van der Waals surface area contributed by atoms with Crippen LogP contribution in [0.2, 0.25) is 0 Å². The minimum atomic E-state index is -0.123. The van der Waals surface area contributed by atoms with Crippen LogP contribution in [0.15, 0.2) is 53.1 Å². The smallest absolute Gasteiger partial charge is 0.258 e. The number of carbonyl (C=O) groups excluding carboxylic acids is 1. The van der Waals surface area contributed by atoms with Crippen LogP contribution in [-0.4, -0.2) is 48.6 Å². The first-order valence-electron chi connectivity index (χ1n) is 8.12. The number of hydrogen-bond acceptors (Lipinski definition) is 5. The molecule has 1 aromatic carbocycles. The topological polar surface area (TPSA) is 54.7 Å². The summed E-state index contributed by atoms with van der Waals surface area (Å²) in [5.41, 5.74) is 0. The van der Waals surface area contributed by atoms with Crippen molar-refractivity contribution in [1.29, 1.82) is 0 Å². The lowest BCUT2D eigenvalue weighted by Gasteiger charge is -2.33. The summed E-state index contributed by atoms with van der Waals surface area (Å²) < 4.78 is 11.1. The van der Waals surface area contributed by atoms with Gasteiger partial charge in [-0.3, -0.25) is 9.69 Å². The predicted octanol–water partition coefficient (Wildman–Crippen LogP) is 2.56. The maximum Gasteiger partial charge on any atom is 0.258 e. The monoisotopic (exact) mass is 346 g/mol. The number of furan rings is 1. The van der Waals surface area contributed by atoms with Gasteiger partial charge in [-0.25, -0.2) is 0 Å². The molecular weight excluding hydrogens is 324 g/mol. The quantitative estimate of drug-likeness (QED) is 0.835. The van der Waals surface area contributed by atoms with E-state index >= 15 is 0 Å². The van der Waals surface area contributed by atoms with Crippen LogP contribution in [0.5, 0.6) is 5.75 Å². The molecular formula is C18H22N2O3S. The molecule has 128 valence electrons. The zero-order chi connectivity index (χ0) is 16.6. The average molecular weight is 346 g/mol. The van der Waals surface area contributed by atoms with E-state index in [0.717, 1.165) is 30.4 Å². The van der Waals surface area contributed by atoms with Crippen LogP contribution < -0.4 is 10.1 Å². The highest BCUT2D eigenvalue weighted by molar-refractivity contribution is 7.99. The molecule has 1 saturated heterocycles. The molecule has 1 unspecified atom stereocenters. The average Bonchev–Trinajstić information content (AvgIpc) is 3.16. The lowest BCUT2D eigenvalue weighted by atomic mass is 10.2. The zero-order valence-electron chi connectivity index (χ0n) is 13.5. The molecule has 1 amide bonds. The van der Waals surface area contributed by atoms with Gasteiger partial charge in [0.2, 0.25) is 0 Å². The summed E-state index contributed by atoms with van der Waals surface area (Å²) >= 11 is 1.96. The Morgan fingerprint density at radius 2 is 2.00 bits per heavy atom. The fourth-order valence-corrected chi connectivity index (χ4v) is 3.64. The van der Waals surface area contributed by atoms with Crippen LogP contribution >= 0.6 is 11.8 Å². The number of amides is 1. The number of rotatable bonds is 7. The molecule has 0 aliphatic carbocycles. The number of ether oxygens (including phenoxy) is 1. The molecule has 1 aliphatic heterocycles. The lowest BCUT2D eigenvalue weighted by Crippen LogP contribution is -2.42. The van der Waals surface area contributed by atoms with Crippen molar-refractivity contribution in [3.63, 3.8) is 0 Å². The van der Waals surface area contributed by atoms with Crippen LogP contribution in [-0.2, 0) is 4.79 Å². The largest absolute Gasteiger partial charge is 0.484 e. The van der Waals surface area contributed by atoms with Crippen LogP contribution in [0.25, 0.3) is 0 Å². The first kappa shape index (κ1) is 16.9. The highest BCUT2D eigenvalue weighted by atomic mass is 32.2. The van der Waals surface area contributed by atoms with Crippen molar-refractivity contribution in [1.82, 2.24) is 10.2 Å². The Morgan fingerprint density at radius 1 is 1.21 bits per heavy atom. The van der Waals surface area contributed by atoms with Gasteiger partial charge in [0.1, 0.15) is 11.5 Å². The van der Waals surface area contributed by atoms with Gasteiger partial charge in [-0.2, -0.15) is 11.8 Å². The number of nitrogens with one attached hydrogen (secondary N) is 1. The summed E-state index contributed by atoms with van der Waals surface area (Å²) in [7, 11) is 0. The molecule has 24 heavy (non-hydrogen) atoms. The SMILES string of the molecule is O=C(COc1ccccc1)NCC(c1ccco1)N1CCSCC1. The molecule has 3 rings (SSSR count). The summed E-state index contributed by atoms with van der Waals surface area (Å²) in [5.74, 6) is 3.70. The van der Waals surface area contributed by atoms with Gasteiger partial charge in [0.05, 0.1) is 12.3 Å². The molecule has 2 heterocycles. The van der Waals surface area contributed by atoms with E-state index < -0.39 is 0 Å². The summed E-state index contributed by atoms with van der Waals surface area (Å²) in [5, 5.41) is 2.97. The van der Waals surface area contributed by atoms with Crippen molar-refractivity contribution in [2.24, 2.45) is 0 Å². The number of para-hydroxylation sites is 1. The Morgan fingerprint density at radius 3 is 2.71 bits per heavy atom. The van der Waals surface area contributed by atoms with Crippen molar-refractivity contribution in [3.8, 4) is 5.75 Å². The summed E-state index contributed by atoms with van der Waals surface area (Å²) in [4.78, 5) is 14.5. The first-order valence-corrected chi connectivity index (χ1v) is 9.28. The maximum absolute atomic E-state index is 12.1. The second-order valence-corrected chi connectivity index (χ2v) is 6.81. The van der Waals surface area contributed by atoms with Gasteiger partial charge in [0.25, 0.3) is 5.91 Å². The van der Waals surface area contributed by atoms with Crippen LogP contribution in [0.3, 0.4) is 0 Å². The van der Waals surface area contributed by atoms with Crippen molar-refractivity contribution in [2.45, 2.75) is 6.04 Å². The second kappa shape index (κ2) is 8.80. The number of hydrogen-bond donors (Lipinski definition) is 1. The van der Waals surface area contributed by atoms with Gasteiger partial charge >= 0.3 is 0 Å². The van der Waals surface area contributed by atoms with Gasteiger partial charge in [0, 0.05) is 31.1 Å². The van der Waals surface area contributed by atoms with E-state index in [1.165, 1.54) is 0 Å². The Kier molecular flexibility index (Phi) is 6.20. The third-order valence-corrected chi connectivity index (χ3v) is 4.91. The lowest BCUT2D eigenvalue weighted by molar-refractivity contribution is -0.123. The third kappa shape index (κ3) is 4.79. The van der Waals surface area contributed by atoms with Gasteiger partial charge in [-0.05, 0) is 24.3 Å². The molecule has 0 spiro atoms. The number of nitrogens with zero attached hydrogens (tertiary/aromatic N) is 1. The fraction of sp³-hybridized carbons (Fsp3) is 0.389. The summed E-state index contributed by atoms with van der Waals surface area (Å²) in [6.45, 7) is 2.55. The van der Waals surface area contributed by atoms with Crippen molar-refractivity contribution in [2.75, 3.05) is 37.7 Å². The normalized spacial score (nSPS) is 16.5. The molecule has 1 fully saturated rings. The highest BCUT2D eigenvalue weighted by Crippen LogP contribution is 2.24. The minimum absolute atomic E-state index is 0.0186. The summed E-state index contributed by atoms with van der Waals surface area (Å²) in [6, 6.07) is 13.3. The van der Waals surface area contributed by atoms with E-state index in [2.05, 4.69) is 10.2 Å². The Labute approximate surface area is 146 Å². The predicted molar refractivity (Wildman–Crippen MR) is 95.3 cm³/mol. The fourth-order valence-electron chi connectivity index (χ4n) is 2.71. The van der Waals surface area contributed by atoms with E-state index in [9.17, 15) is 4.79 Å². The van der Waals surface area contributed by atoms with E-state index in [-0.39, 0.29) is 18.6 Å². The molecule has 0 radical (unpaired) electrons. The van der Waals surface area contributed by atoms with E-state index in [4.69, 9.17) is 9.15 Å². The zero-order valence-corrected chi connectivity index (χ0v) is 14.3. The van der Waals surface area contributed by atoms with Crippen LogP contribution in [0.1, 0.15) is 11.8 Å². The third-order valence-electron chi connectivity index (χ3n) is 3.96. The van der Waals surface area contributed by atoms with E-state index in [1.807, 2.05) is 54.2 Å². The number of carbonyl (C=O) groups is 1.